The average molecular weight is 1960 g/mol. The van der Waals surface area contributed by atoms with Gasteiger partial charge in [-0.1, -0.05) is 0 Å². The predicted molar refractivity (Wildman–Crippen MR) is 450 cm³/mol. The van der Waals surface area contributed by atoms with Crippen molar-refractivity contribution < 1.29 is 105 Å². The molecular weight excluding hydrogens is 1860 g/mol. The first-order chi connectivity index (χ1) is 64.1. The zero-order valence-electron chi connectivity index (χ0n) is 73.6. The van der Waals surface area contributed by atoms with Crippen molar-refractivity contribution in [2.24, 2.45) is 35.7 Å². The van der Waals surface area contributed by atoms with Gasteiger partial charge in [-0.25, -0.2) is 85.8 Å². The van der Waals surface area contributed by atoms with Crippen LogP contribution in [0.2, 0.25) is 0 Å². The van der Waals surface area contributed by atoms with Gasteiger partial charge in [0.25, 0.3) is 0 Å². The zero-order chi connectivity index (χ0) is 97.7. The standard InChI is InChI=1S/2C19H20F6N4.C18H18F6N4.C18H21F3N4.C18H20F3N3S/c1-28-17-8-29(7-16(17)27-18(28)19(23,24)25)9-2-3-10(15(26)4-9)11-5-13(21)14(22)6-12(11)20;20-14-5-16(22)15(21)4-13(14)12-2-1-11(3-17(12)26)28-7-10-6-27-29(18(10)8-28)9-19(23,24)25;19-11-5-13(21)12(20)4-10(11)9-2-1-8(3-14(9)25)28-6-15-16(7-28)27-17(26-15)18(22,23)24;1-9-23-17-7-25(8-18(17)24-9)10-2-3-11(16(22)4-10)12-5-14(20)15(21)6-13(12)19;1-9-23-17-7-24(8-18(17)25-9)10-2-3-11(16(22)4-10)12-5-14(20)15(21)6-13(12)19/h5-6,9-10,15H,2-4,7-8,26H2,1H3;4-6,11-12,17H,1-3,7-9,26H2;4-5,8-9,14H,1-3,6-7,25H2,(H,26,27);5-6,10-11,16H,2-4,7-8,22H2,1H3,(H,23,24);5-6,10-11,16H,2-4,7-8,22H2,1H3/t9-,10?,15-;11-,12?,17-;8-,9?,14-;2*10-,11?,16-/m00000/s1. The van der Waals surface area contributed by atoms with Crippen LogP contribution in [-0.2, 0) is 91.4 Å². The van der Waals surface area contributed by atoms with E-state index in [0.29, 0.717) is 181 Å². The Morgan fingerprint density at radius 2 is 0.669 bits per heavy atom. The molecule has 736 valence electrons. The molecule has 10 aliphatic rings. The first kappa shape index (κ1) is 99.5. The summed E-state index contributed by atoms with van der Waals surface area (Å²) < 4.78 is 321. The summed E-state index contributed by atoms with van der Waals surface area (Å²) in [5.41, 5.74) is 38.3. The molecule has 20 rings (SSSR count). The first-order valence-electron chi connectivity index (χ1n) is 44.7. The molecule has 12 N–H and O–H groups in total. The molecule has 10 aromatic rings. The van der Waals surface area contributed by atoms with Gasteiger partial charge in [0.05, 0.1) is 56.8 Å². The summed E-state index contributed by atoms with van der Waals surface area (Å²) in [4.78, 5) is 34.2. The van der Waals surface area contributed by atoms with E-state index in [2.05, 4.69) is 49.7 Å². The van der Waals surface area contributed by atoms with Gasteiger partial charge in [0.2, 0.25) is 11.6 Å². The van der Waals surface area contributed by atoms with Gasteiger partial charge in [0.1, 0.15) is 41.5 Å². The van der Waals surface area contributed by atoms with Crippen LogP contribution in [-0.4, -0.2) is 135 Å². The van der Waals surface area contributed by atoms with E-state index >= 15 is 0 Å². The number of benzene rings is 5. The average Bonchev–Trinajstić information content (AvgIpc) is 1.57. The molecule has 5 aromatic carbocycles. The molecule has 5 aromatic heterocycles. The number of hydrogen-bond donors (Lipinski definition) is 7. The number of hydrogen-bond acceptors (Lipinski definition) is 16. The molecule has 136 heavy (non-hydrogen) atoms. The third-order valence-corrected chi connectivity index (χ3v) is 29.6. The van der Waals surface area contributed by atoms with Gasteiger partial charge < -0.3 is 43.2 Å². The molecule has 19 nitrogen and oxygen atoms in total. The Morgan fingerprint density at radius 3 is 1.00 bits per heavy atom. The van der Waals surface area contributed by atoms with Crippen molar-refractivity contribution in [3.63, 3.8) is 0 Å². The molecule has 0 saturated heterocycles. The number of fused-ring (bicyclic) bond motifs is 5. The smallest absolute Gasteiger partial charge is 0.345 e. The maximum atomic E-state index is 14.1. The lowest BCUT2D eigenvalue weighted by Gasteiger charge is -2.38. The molecule has 0 radical (unpaired) electrons. The van der Waals surface area contributed by atoms with Gasteiger partial charge in [0, 0.05) is 203 Å². The monoisotopic (exact) mass is 1960 g/mol. The lowest BCUT2D eigenvalue weighted by atomic mass is 9.77. The molecule has 15 atom stereocenters. The second-order valence-electron chi connectivity index (χ2n) is 37.3. The molecule has 10 heterocycles. The highest BCUT2D eigenvalue weighted by Crippen LogP contribution is 2.47. The Kier molecular flexibility index (Phi) is 29.0. The fraction of sp³-hybridized carbons (Fsp3) is 0.511. The van der Waals surface area contributed by atoms with Crippen LogP contribution in [0.1, 0.15) is 232 Å². The summed E-state index contributed by atoms with van der Waals surface area (Å²) in [5, 5.41) is 4.93. The van der Waals surface area contributed by atoms with Crippen molar-refractivity contribution in [3.8, 4) is 0 Å². The number of nitrogens with one attached hydrogen (secondary N) is 2. The Morgan fingerprint density at radius 1 is 0.346 bits per heavy atom. The van der Waals surface area contributed by atoms with E-state index < -0.39 is 160 Å². The minimum absolute atomic E-state index is 0.00172. The Labute approximate surface area is 768 Å². The summed E-state index contributed by atoms with van der Waals surface area (Å²) in [6, 6.07) is 6.00. The Balaban J connectivity index is 0.000000123. The van der Waals surface area contributed by atoms with Crippen molar-refractivity contribution in [2.45, 2.75) is 291 Å². The fourth-order valence-electron chi connectivity index (χ4n) is 21.8. The molecule has 44 heteroatoms. The third kappa shape index (κ3) is 21.5. The van der Waals surface area contributed by atoms with Gasteiger partial charge in [0.15, 0.2) is 58.2 Å². The summed E-state index contributed by atoms with van der Waals surface area (Å²) in [7, 11) is 1.35. The van der Waals surface area contributed by atoms with Crippen LogP contribution in [0, 0.1) is 101 Å². The lowest BCUT2D eigenvalue weighted by molar-refractivity contribution is -0.147. The summed E-state index contributed by atoms with van der Waals surface area (Å²) in [5.74, 6) is -18.2. The fourth-order valence-corrected chi connectivity index (χ4v) is 22.8. The van der Waals surface area contributed by atoms with Gasteiger partial charge in [-0.3, -0.25) is 29.2 Å². The SMILES string of the molecule is Cc1nc2c([nH]1)CN([C@H]1CCC(c3cc(F)c(F)cc3F)[C@@H](N)C1)C2.Cc1nc2c(s1)CN([C@H]1CCC(c3cc(F)c(F)cc3F)[C@@H](N)C1)C2.Cn1c(C(F)(F)F)nc2c1CN([C@H]1CCC(c3cc(F)c(F)cc3F)[C@@H](N)C1)C2.N[C@H]1C[C@@H](N2Cc3cnn(CC(F)(F)F)c3C2)CCC1c1cc(F)c(F)cc1F.N[C@H]1C[C@@H](N2Cc3nc(C(F)(F)F)[nH]c3C2)CCC1c1cc(F)c(F)cc1F. The van der Waals surface area contributed by atoms with Crippen LogP contribution in [0.15, 0.2) is 66.9 Å². The normalized spacial score (nSPS) is 26.0. The number of alkyl halides is 9. The van der Waals surface area contributed by atoms with Crippen LogP contribution in [0.25, 0.3) is 0 Å². The quantitative estimate of drug-likeness (QED) is 0.0470. The number of nitrogens with two attached hydrogens (primary N) is 5. The van der Waals surface area contributed by atoms with E-state index in [1.54, 1.807) is 11.3 Å². The molecule has 0 bridgehead atoms. The van der Waals surface area contributed by atoms with Crippen LogP contribution >= 0.6 is 11.3 Å². The van der Waals surface area contributed by atoms with E-state index in [4.69, 9.17) is 28.7 Å². The maximum Gasteiger partial charge on any atom is 0.449 e. The van der Waals surface area contributed by atoms with Gasteiger partial charge in [-0.05, 0) is 168 Å². The summed E-state index contributed by atoms with van der Waals surface area (Å²) >= 11 is 1.74. The van der Waals surface area contributed by atoms with E-state index in [9.17, 15) is 105 Å². The number of aromatic amines is 2. The van der Waals surface area contributed by atoms with Crippen LogP contribution in [0.5, 0.6) is 0 Å². The number of nitrogens with zero attached hydrogens (tertiary/aromatic N) is 12. The molecule has 0 amide bonds. The Hall–Kier alpha value is -9.51. The van der Waals surface area contributed by atoms with Crippen LogP contribution in [0.3, 0.4) is 0 Å². The number of aryl methyl sites for hydroxylation is 2. The van der Waals surface area contributed by atoms with Crippen molar-refractivity contribution in [1.29, 1.82) is 0 Å². The molecule has 0 spiro atoms. The van der Waals surface area contributed by atoms with Gasteiger partial charge >= 0.3 is 18.5 Å². The van der Waals surface area contributed by atoms with Crippen molar-refractivity contribution in [1.82, 2.24) is 68.8 Å². The number of thiazole rings is 1. The minimum Gasteiger partial charge on any atom is -0.345 e. The second kappa shape index (κ2) is 39.6. The number of halogens is 24. The lowest BCUT2D eigenvalue weighted by Crippen LogP contribution is -2.44. The molecule has 5 aliphatic carbocycles. The number of aromatic nitrogens is 9. The predicted octanol–water partition coefficient (Wildman–Crippen LogP) is 18.5. The highest BCUT2D eigenvalue weighted by molar-refractivity contribution is 7.11. The highest BCUT2D eigenvalue weighted by Gasteiger charge is 2.47. The van der Waals surface area contributed by atoms with E-state index in [1.165, 1.54) is 18.1 Å². The van der Waals surface area contributed by atoms with Crippen LogP contribution in [0.4, 0.5) is 105 Å². The second-order valence-corrected chi connectivity index (χ2v) is 38.6. The summed E-state index contributed by atoms with van der Waals surface area (Å²) in [6.45, 7) is 8.20. The molecule has 5 saturated carbocycles. The third-order valence-electron chi connectivity index (χ3n) is 28.6. The molecular formula is C92H99F24N19S. The minimum atomic E-state index is -4.51. The number of H-pyrrole nitrogens is 2. The van der Waals surface area contributed by atoms with Crippen molar-refractivity contribution >= 4 is 11.3 Å². The number of imidazole rings is 3. The van der Waals surface area contributed by atoms with Crippen molar-refractivity contribution in [3.05, 3.63) is 260 Å². The molecule has 5 fully saturated rings. The first-order valence-corrected chi connectivity index (χ1v) is 45.5. The van der Waals surface area contributed by atoms with E-state index in [1.807, 2.05) is 23.6 Å². The maximum absolute atomic E-state index is 14.1. The van der Waals surface area contributed by atoms with Gasteiger partial charge in [-0.2, -0.15) is 44.6 Å². The van der Waals surface area contributed by atoms with Gasteiger partial charge in [-0.15, -0.1) is 11.3 Å². The van der Waals surface area contributed by atoms with Crippen molar-refractivity contribution in [2.75, 3.05) is 0 Å². The number of rotatable bonds is 11. The highest BCUT2D eigenvalue weighted by atomic mass is 32.1. The van der Waals surface area contributed by atoms with E-state index in [0.717, 1.165) is 118 Å². The van der Waals surface area contributed by atoms with Crippen LogP contribution < -0.4 is 28.7 Å². The summed E-state index contributed by atoms with van der Waals surface area (Å²) in [6.07, 6.45) is -2.70. The zero-order valence-corrected chi connectivity index (χ0v) is 74.4. The molecule has 5 aliphatic heterocycles. The topological polar surface area (TPSA) is 252 Å². The molecule has 5 unspecified atom stereocenters. The van der Waals surface area contributed by atoms with E-state index in [-0.39, 0.29) is 76.4 Å². The largest absolute Gasteiger partial charge is 0.449 e. The Bertz CT molecular complexity index is 5800.